The van der Waals surface area contributed by atoms with Crippen molar-refractivity contribution in [3.63, 3.8) is 0 Å². The molecule has 0 aliphatic carbocycles. The molecule has 0 saturated heterocycles. The van der Waals surface area contributed by atoms with Gasteiger partial charge < -0.3 is 5.32 Å². The molecule has 8 nitrogen and oxygen atoms in total. The van der Waals surface area contributed by atoms with E-state index in [9.17, 15) is 13.2 Å². The smallest absolute Gasteiger partial charge is 0.274 e. The maximum absolute atomic E-state index is 13.0. The Balaban J connectivity index is 1.59. The molecule has 2 heterocycles. The minimum absolute atomic E-state index is 0.197. The van der Waals surface area contributed by atoms with Gasteiger partial charge in [-0.1, -0.05) is 30.3 Å². The van der Waals surface area contributed by atoms with Crippen LogP contribution in [0.1, 0.15) is 37.0 Å². The molecule has 0 aliphatic heterocycles. The molecule has 0 fully saturated rings. The predicted octanol–water partition coefficient (Wildman–Crippen LogP) is 4.57. The van der Waals surface area contributed by atoms with E-state index in [0.717, 1.165) is 0 Å². The highest BCUT2D eigenvalue weighted by molar-refractivity contribution is 7.89. The number of nitrogens with one attached hydrogen (secondary N) is 2. The van der Waals surface area contributed by atoms with Crippen LogP contribution >= 0.6 is 0 Å². The van der Waals surface area contributed by atoms with Crippen LogP contribution in [-0.4, -0.2) is 34.6 Å². The third kappa shape index (κ3) is 5.64. The van der Waals surface area contributed by atoms with Gasteiger partial charge in [-0.3, -0.25) is 9.78 Å². The number of sulfonamides is 1. The zero-order valence-electron chi connectivity index (χ0n) is 20.0. The predicted molar refractivity (Wildman–Crippen MR) is 136 cm³/mol. The number of pyridine rings is 1. The van der Waals surface area contributed by atoms with Crippen LogP contribution in [-0.2, 0) is 10.0 Å². The monoisotopic (exact) mass is 489 g/mol. The topological polar surface area (TPSA) is 106 Å². The van der Waals surface area contributed by atoms with Gasteiger partial charge in [0.05, 0.1) is 22.5 Å². The molecule has 0 atom stereocenters. The van der Waals surface area contributed by atoms with Gasteiger partial charge in [-0.15, -0.1) is 0 Å². The van der Waals surface area contributed by atoms with Gasteiger partial charge in [-0.2, -0.15) is 5.10 Å². The molecule has 0 radical (unpaired) electrons. The van der Waals surface area contributed by atoms with Crippen LogP contribution in [0.3, 0.4) is 0 Å². The second-order valence-corrected chi connectivity index (χ2v) is 10.8. The largest absolute Gasteiger partial charge is 0.321 e. The molecular weight excluding hydrogens is 462 g/mol. The maximum atomic E-state index is 13.0. The highest BCUT2D eigenvalue weighted by Crippen LogP contribution is 2.29. The van der Waals surface area contributed by atoms with Crippen LogP contribution in [0.15, 0.2) is 84.0 Å². The summed E-state index contributed by atoms with van der Waals surface area (Å²) in [6.07, 6.45) is 3.29. The summed E-state index contributed by atoms with van der Waals surface area (Å²) >= 11 is 0. The van der Waals surface area contributed by atoms with Gasteiger partial charge in [-0.25, -0.2) is 17.8 Å². The van der Waals surface area contributed by atoms with Crippen LogP contribution in [0, 0.1) is 6.92 Å². The standard InChI is InChI=1S/C26H27N5O3S/c1-18-16-23(31(29-18)21-8-7-15-27-17-21)25(32)28-20-13-11-19(12-14-20)22-9-5-6-10-24(22)35(33,34)30-26(2,3)4/h5-17,30H,1-4H3,(H,28,32). The minimum atomic E-state index is -3.73. The third-order valence-electron chi connectivity index (χ3n) is 5.03. The normalized spacial score (nSPS) is 11.9. The molecular formula is C26H27N5O3S. The van der Waals surface area contributed by atoms with Gasteiger partial charge in [0.15, 0.2) is 0 Å². The summed E-state index contributed by atoms with van der Waals surface area (Å²) in [6, 6.07) is 19.2. The highest BCUT2D eigenvalue weighted by Gasteiger charge is 2.24. The first-order valence-electron chi connectivity index (χ1n) is 11.1. The Morgan fingerprint density at radius 3 is 2.34 bits per heavy atom. The van der Waals surface area contributed by atoms with E-state index in [2.05, 4.69) is 20.1 Å². The van der Waals surface area contributed by atoms with Gasteiger partial charge in [0.2, 0.25) is 10.0 Å². The first-order chi connectivity index (χ1) is 16.5. The minimum Gasteiger partial charge on any atom is -0.321 e. The number of carbonyl (C=O) groups excluding carboxylic acids is 1. The Hall–Kier alpha value is -3.82. The van der Waals surface area contributed by atoms with Crippen molar-refractivity contribution >= 4 is 21.6 Å². The van der Waals surface area contributed by atoms with E-state index in [-0.39, 0.29) is 10.8 Å². The lowest BCUT2D eigenvalue weighted by Gasteiger charge is -2.21. The average molecular weight is 490 g/mol. The maximum Gasteiger partial charge on any atom is 0.274 e. The number of nitrogens with zero attached hydrogens (tertiary/aromatic N) is 3. The van der Waals surface area contributed by atoms with E-state index in [0.29, 0.717) is 33.9 Å². The van der Waals surface area contributed by atoms with Crippen LogP contribution in [0.25, 0.3) is 16.8 Å². The number of carbonyl (C=O) groups is 1. The van der Waals surface area contributed by atoms with Crippen LogP contribution < -0.4 is 10.0 Å². The number of rotatable bonds is 6. The molecule has 0 aliphatic rings. The number of aromatic nitrogens is 3. The van der Waals surface area contributed by atoms with Gasteiger partial charge in [0.25, 0.3) is 5.91 Å². The third-order valence-corrected chi connectivity index (χ3v) is 6.84. The summed E-state index contributed by atoms with van der Waals surface area (Å²) in [5.74, 6) is -0.320. The fourth-order valence-electron chi connectivity index (χ4n) is 3.66. The molecule has 0 spiro atoms. The molecule has 4 rings (SSSR count). The fraction of sp³-hybridized carbons (Fsp3) is 0.192. The summed E-state index contributed by atoms with van der Waals surface area (Å²) in [7, 11) is -3.73. The Labute approximate surface area is 205 Å². The summed E-state index contributed by atoms with van der Waals surface area (Å²) in [4.78, 5) is 17.3. The van der Waals surface area contributed by atoms with Crippen molar-refractivity contribution in [1.29, 1.82) is 0 Å². The molecule has 180 valence electrons. The molecule has 0 saturated carbocycles. The first-order valence-corrected chi connectivity index (χ1v) is 12.5. The van der Waals surface area contributed by atoms with E-state index < -0.39 is 15.6 Å². The molecule has 1 amide bonds. The Morgan fingerprint density at radius 2 is 1.69 bits per heavy atom. The summed E-state index contributed by atoms with van der Waals surface area (Å²) in [6.45, 7) is 7.21. The summed E-state index contributed by atoms with van der Waals surface area (Å²) in [5, 5.41) is 7.29. The number of aryl methyl sites for hydroxylation is 1. The molecule has 35 heavy (non-hydrogen) atoms. The molecule has 2 N–H and O–H groups in total. The van der Waals surface area contributed by atoms with Crippen molar-refractivity contribution in [1.82, 2.24) is 19.5 Å². The molecule has 0 bridgehead atoms. The Kier molecular flexibility index (Phi) is 6.56. The highest BCUT2D eigenvalue weighted by atomic mass is 32.2. The Bertz CT molecular complexity index is 1460. The number of anilines is 1. The van der Waals surface area contributed by atoms with E-state index >= 15 is 0 Å². The quantitative estimate of drug-likeness (QED) is 0.413. The van der Waals surface area contributed by atoms with Crippen molar-refractivity contribution < 1.29 is 13.2 Å². The molecule has 2 aromatic heterocycles. The number of hydrogen-bond donors (Lipinski definition) is 2. The van der Waals surface area contributed by atoms with Crippen molar-refractivity contribution in [2.24, 2.45) is 0 Å². The van der Waals surface area contributed by atoms with Gasteiger partial charge >= 0.3 is 0 Å². The SMILES string of the molecule is Cc1cc(C(=O)Nc2ccc(-c3ccccc3S(=O)(=O)NC(C)(C)C)cc2)n(-c2cccnc2)n1. The van der Waals surface area contributed by atoms with Crippen molar-refractivity contribution in [3.8, 4) is 16.8 Å². The zero-order chi connectivity index (χ0) is 25.2. The molecule has 9 heteroatoms. The van der Waals surface area contributed by atoms with Crippen LogP contribution in [0.5, 0.6) is 0 Å². The number of hydrogen-bond acceptors (Lipinski definition) is 5. The first kappa shape index (κ1) is 24.3. The zero-order valence-corrected chi connectivity index (χ0v) is 20.8. The molecule has 4 aromatic rings. The second kappa shape index (κ2) is 9.44. The summed E-state index contributed by atoms with van der Waals surface area (Å²) in [5.41, 5.74) is 3.02. The number of benzene rings is 2. The van der Waals surface area contributed by atoms with E-state index in [1.807, 2.05) is 13.0 Å². The lowest BCUT2D eigenvalue weighted by atomic mass is 10.1. The van der Waals surface area contributed by atoms with Gasteiger partial charge in [0, 0.05) is 23.0 Å². The van der Waals surface area contributed by atoms with Gasteiger partial charge in [0.1, 0.15) is 5.69 Å². The van der Waals surface area contributed by atoms with Gasteiger partial charge in [-0.05, 0) is 69.7 Å². The summed E-state index contributed by atoms with van der Waals surface area (Å²) < 4.78 is 30.2. The fourth-order valence-corrected chi connectivity index (χ4v) is 5.31. The van der Waals surface area contributed by atoms with Crippen molar-refractivity contribution in [2.45, 2.75) is 38.1 Å². The number of amides is 1. The van der Waals surface area contributed by atoms with Crippen molar-refractivity contribution in [2.75, 3.05) is 5.32 Å². The Morgan fingerprint density at radius 1 is 0.971 bits per heavy atom. The van der Waals surface area contributed by atoms with E-state index in [4.69, 9.17) is 0 Å². The van der Waals surface area contributed by atoms with Crippen LogP contribution in [0.2, 0.25) is 0 Å². The van der Waals surface area contributed by atoms with E-state index in [1.165, 1.54) is 0 Å². The average Bonchev–Trinajstić information content (AvgIpc) is 3.20. The second-order valence-electron chi connectivity index (χ2n) is 9.18. The molecule has 2 aromatic carbocycles. The van der Waals surface area contributed by atoms with Crippen molar-refractivity contribution in [3.05, 3.63) is 90.5 Å². The molecule has 0 unspecified atom stereocenters. The van der Waals surface area contributed by atoms with E-state index in [1.54, 1.807) is 98.5 Å². The lowest BCUT2D eigenvalue weighted by molar-refractivity contribution is 0.101. The lowest BCUT2D eigenvalue weighted by Crippen LogP contribution is -2.40. The van der Waals surface area contributed by atoms with Crippen LogP contribution in [0.4, 0.5) is 5.69 Å².